The van der Waals surface area contributed by atoms with Crippen LogP contribution in [0.2, 0.25) is 5.02 Å². The van der Waals surface area contributed by atoms with E-state index in [1.54, 1.807) is 12.3 Å². The highest BCUT2D eigenvalue weighted by Gasteiger charge is 2.24. The summed E-state index contributed by atoms with van der Waals surface area (Å²) >= 11 is 6.00. The number of hydrogen-bond acceptors (Lipinski definition) is 2. The molecule has 3 nitrogen and oxygen atoms in total. The number of nitrogens with zero attached hydrogens (tertiary/aromatic N) is 2. The molecule has 0 radical (unpaired) electrons. The third kappa shape index (κ3) is 2.78. The Morgan fingerprint density at radius 3 is 3.18 bits per heavy atom. The smallest absolute Gasteiger partial charge is 0.255 e. The number of amides is 1. The standard InChI is InChI=1S/C13H17ClN2O/c1-2-10-4-3-7-16(9-10)13(17)11-5-6-15-8-12(11)14/h5-6,8,10H,2-4,7,9H2,1H3. The Labute approximate surface area is 107 Å². The number of aromatic nitrogens is 1. The van der Waals surface area contributed by atoms with Crippen molar-refractivity contribution < 1.29 is 4.79 Å². The molecule has 2 heterocycles. The van der Waals surface area contributed by atoms with Crippen LogP contribution in [-0.4, -0.2) is 28.9 Å². The Balaban J connectivity index is 2.12. The minimum absolute atomic E-state index is 0.0375. The molecule has 1 aromatic heterocycles. The van der Waals surface area contributed by atoms with Crippen LogP contribution in [0.5, 0.6) is 0 Å². The zero-order valence-corrected chi connectivity index (χ0v) is 10.8. The Bertz CT molecular complexity index is 408. The van der Waals surface area contributed by atoms with Crippen LogP contribution in [0, 0.1) is 5.92 Å². The molecule has 1 fully saturated rings. The highest BCUT2D eigenvalue weighted by molar-refractivity contribution is 6.33. The van der Waals surface area contributed by atoms with Gasteiger partial charge in [-0.25, -0.2) is 0 Å². The molecule has 1 aliphatic rings. The summed E-state index contributed by atoms with van der Waals surface area (Å²) in [4.78, 5) is 18.1. The molecule has 1 unspecified atom stereocenters. The molecular weight excluding hydrogens is 236 g/mol. The lowest BCUT2D eigenvalue weighted by Crippen LogP contribution is -2.39. The summed E-state index contributed by atoms with van der Waals surface area (Å²) in [6, 6.07) is 1.69. The topological polar surface area (TPSA) is 33.2 Å². The van der Waals surface area contributed by atoms with Gasteiger partial charge in [-0.15, -0.1) is 0 Å². The predicted molar refractivity (Wildman–Crippen MR) is 68.2 cm³/mol. The van der Waals surface area contributed by atoms with Gasteiger partial charge in [0.15, 0.2) is 0 Å². The van der Waals surface area contributed by atoms with Gasteiger partial charge in [-0.05, 0) is 24.8 Å². The molecule has 0 spiro atoms. The zero-order chi connectivity index (χ0) is 12.3. The van der Waals surface area contributed by atoms with E-state index in [4.69, 9.17) is 11.6 Å². The molecule has 1 atom stereocenters. The number of rotatable bonds is 2. The predicted octanol–water partition coefficient (Wildman–Crippen LogP) is 3.00. The van der Waals surface area contributed by atoms with E-state index in [-0.39, 0.29) is 5.91 Å². The molecule has 0 saturated carbocycles. The molecule has 1 saturated heterocycles. The lowest BCUT2D eigenvalue weighted by molar-refractivity contribution is 0.0671. The van der Waals surface area contributed by atoms with Crippen molar-refractivity contribution in [2.45, 2.75) is 26.2 Å². The van der Waals surface area contributed by atoms with Gasteiger partial charge in [0.1, 0.15) is 0 Å². The van der Waals surface area contributed by atoms with Gasteiger partial charge in [0.25, 0.3) is 5.91 Å². The number of carbonyl (C=O) groups excluding carboxylic acids is 1. The van der Waals surface area contributed by atoms with E-state index >= 15 is 0 Å². The van der Waals surface area contributed by atoms with Crippen LogP contribution in [-0.2, 0) is 0 Å². The highest BCUT2D eigenvalue weighted by atomic mass is 35.5. The SMILES string of the molecule is CCC1CCCN(C(=O)c2ccncc2Cl)C1. The van der Waals surface area contributed by atoms with E-state index in [2.05, 4.69) is 11.9 Å². The summed E-state index contributed by atoms with van der Waals surface area (Å²) in [5, 5.41) is 0.441. The van der Waals surface area contributed by atoms with Gasteiger partial charge in [-0.2, -0.15) is 0 Å². The van der Waals surface area contributed by atoms with Gasteiger partial charge in [0, 0.05) is 25.5 Å². The largest absolute Gasteiger partial charge is 0.338 e. The average Bonchev–Trinajstić information content (AvgIpc) is 2.38. The molecule has 0 bridgehead atoms. The molecule has 0 N–H and O–H groups in total. The third-order valence-corrected chi connectivity index (χ3v) is 3.69. The maximum atomic E-state index is 12.3. The van der Waals surface area contributed by atoms with E-state index in [1.807, 2.05) is 4.90 Å². The molecular formula is C13H17ClN2O. The van der Waals surface area contributed by atoms with Crippen LogP contribution in [0.1, 0.15) is 36.5 Å². The van der Waals surface area contributed by atoms with Crippen molar-refractivity contribution >= 4 is 17.5 Å². The van der Waals surface area contributed by atoms with E-state index in [9.17, 15) is 4.79 Å². The third-order valence-electron chi connectivity index (χ3n) is 3.39. The van der Waals surface area contributed by atoms with Crippen molar-refractivity contribution in [3.05, 3.63) is 29.0 Å². The summed E-state index contributed by atoms with van der Waals surface area (Å²) < 4.78 is 0. The number of hydrogen-bond donors (Lipinski definition) is 0. The number of pyridine rings is 1. The quantitative estimate of drug-likeness (QED) is 0.811. The van der Waals surface area contributed by atoms with Gasteiger partial charge < -0.3 is 4.90 Å². The van der Waals surface area contributed by atoms with E-state index < -0.39 is 0 Å². The molecule has 2 rings (SSSR count). The summed E-state index contributed by atoms with van der Waals surface area (Å²) in [6.07, 6.45) is 6.58. The van der Waals surface area contributed by atoms with E-state index in [0.717, 1.165) is 25.9 Å². The fourth-order valence-corrected chi connectivity index (χ4v) is 2.50. The summed E-state index contributed by atoms with van der Waals surface area (Å²) in [6.45, 7) is 3.88. The normalized spacial score (nSPS) is 20.4. The Morgan fingerprint density at radius 2 is 2.47 bits per heavy atom. The van der Waals surface area contributed by atoms with Crippen molar-refractivity contribution in [3.63, 3.8) is 0 Å². The summed E-state index contributed by atoms with van der Waals surface area (Å²) in [5.41, 5.74) is 0.568. The molecule has 1 aromatic rings. The second-order valence-corrected chi connectivity index (χ2v) is 4.93. The molecule has 0 aromatic carbocycles. The monoisotopic (exact) mass is 252 g/mol. The fraction of sp³-hybridized carbons (Fsp3) is 0.538. The lowest BCUT2D eigenvalue weighted by Gasteiger charge is -2.32. The first kappa shape index (κ1) is 12.4. The fourth-order valence-electron chi connectivity index (χ4n) is 2.30. The summed E-state index contributed by atoms with van der Waals surface area (Å²) in [7, 11) is 0. The number of carbonyl (C=O) groups is 1. The van der Waals surface area contributed by atoms with Gasteiger partial charge in [-0.3, -0.25) is 9.78 Å². The second-order valence-electron chi connectivity index (χ2n) is 4.52. The molecule has 0 aliphatic carbocycles. The molecule has 92 valence electrons. The van der Waals surface area contributed by atoms with Gasteiger partial charge in [0.05, 0.1) is 10.6 Å². The van der Waals surface area contributed by atoms with Crippen LogP contribution >= 0.6 is 11.6 Å². The van der Waals surface area contributed by atoms with Crippen molar-refractivity contribution in [2.24, 2.45) is 5.92 Å². The Kier molecular flexibility index (Phi) is 4.00. The first-order chi connectivity index (χ1) is 8.22. The summed E-state index contributed by atoms with van der Waals surface area (Å²) in [5.74, 6) is 0.670. The first-order valence-corrected chi connectivity index (χ1v) is 6.49. The molecule has 17 heavy (non-hydrogen) atoms. The number of halogens is 1. The molecule has 1 aliphatic heterocycles. The maximum absolute atomic E-state index is 12.3. The van der Waals surface area contributed by atoms with Crippen molar-refractivity contribution in [2.75, 3.05) is 13.1 Å². The Hall–Kier alpha value is -1.09. The zero-order valence-electron chi connectivity index (χ0n) is 10.0. The number of likely N-dealkylation sites (tertiary alicyclic amines) is 1. The molecule has 4 heteroatoms. The van der Waals surface area contributed by atoms with Crippen LogP contribution < -0.4 is 0 Å². The average molecular weight is 253 g/mol. The van der Waals surface area contributed by atoms with E-state index in [0.29, 0.717) is 16.5 Å². The van der Waals surface area contributed by atoms with Gasteiger partial charge in [0.2, 0.25) is 0 Å². The maximum Gasteiger partial charge on any atom is 0.255 e. The second kappa shape index (κ2) is 5.50. The van der Waals surface area contributed by atoms with Crippen LogP contribution in [0.3, 0.4) is 0 Å². The minimum atomic E-state index is 0.0375. The minimum Gasteiger partial charge on any atom is -0.338 e. The van der Waals surface area contributed by atoms with Crippen LogP contribution in [0.15, 0.2) is 18.5 Å². The van der Waals surface area contributed by atoms with Crippen molar-refractivity contribution in [3.8, 4) is 0 Å². The molecule has 1 amide bonds. The van der Waals surface area contributed by atoms with Gasteiger partial charge >= 0.3 is 0 Å². The number of piperidine rings is 1. The lowest BCUT2D eigenvalue weighted by atomic mass is 9.95. The Morgan fingerprint density at radius 1 is 1.65 bits per heavy atom. The van der Waals surface area contributed by atoms with Crippen LogP contribution in [0.25, 0.3) is 0 Å². The van der Waals surface area contributed by atoms with Crippen molar-refractivity contribution in [1.29, 1.82) is 0 Å². The van der Waals surface area contributed by atoms with Gasteiger partial charge in [-0.1, -0.05) is 24.9 Å². The van der Waals surface area contributed by atoms with Crippen LogP contribution in [0.4, 0.5) is 0 Å². The van der Waals surface area contributed by atoms with E-state index in [1.165, 1.54) is 12.6 Å². The van der Waals surface area contributed by atoms with Crippen molar-refractivity contribution in [1.82, 2.24) is 9.88 Å². The highest BCUT2D eigenvalue weighted by Crippen LogP contribution is 2.23. The first-order valence-electron chi connectivity index (χ1n) is 6.11.